The van der Waals surface area contributed by atoms with Crippen molar-refractivity contribution in [2.45, 2.75) is 39.3 Å². The minimum Gasteiger partial charge on any atom is -0.492 e. The number of carbonyl (C=O) groups is 1. The van der Waals surface area contributed by atoms with Crippen LogP contribution in [0.4, 0.5) is 0 Å². The minimum atomic E-state index is -0.927. The third-order valence-electron chi connectivity index (χ3n) is 3.39. The van der Waals surface area contributed by atoms with E-state index in [2.05, 4.69) is 5.32 Å². The van der Waals surface area contributed by atoms with Crippen molar-refractivity contribution >= 4 is 17.6 Å². The molecule has 1 aliphatic carbocycles. The van der Waals surface area contributed by atoms with Crippen molar-refractivity contribution in [2.24, 2.45) is 5.41 Å². The van der Waals surface area contributed by atoms with Gasteiger partial charge in [0.05, 0.1) is 5.41 Å². The van der Waals surface area contributed by atoms with E-state index in [-0.39, 0.29) is 6.61 Å². The van der Waals surface area contributed by atoms with Crippen LogP contribution in [0, 0.1) is 5.41 Å². The maximum atomic E-state index is 11.1. The summed E-state index contributed by atoms with van der Waals surface area (Å²) in [5.74, 6) is -0.225. The Morgan fingerprint density at radius 3 is 2.80 bits per heavy atom. The zero-order valence-corrected chi connectivity index (χ0v) is 12.5. The lowest BCUT2D eigenvalue weighted by Gasteiger charge is -2.21. The van der Waals surface area contributed by atoms with Crippen LogP contribution in [0.2, 0.25) is 5.02 Å². The van der Waals surface area contributed by atoms with Crippen LogP contribution >= 0.6 is 11.6 Å². The molecule has 0 aliphatic heterocycles. The number of benzene rings is 1. The number of carboxylic acid groups (broad SMARTS) is 1. The summed E-state index contributed by atoms with van der Waals surface area (Å²) < 4.78 is 5.69. The van der Waals surface area contributed by atoms with E-state index in [0.29, 0.717) is 23.4 Å². The van der Waals surface area contributed by atoms with Crippen molar-refractivity contribution in [3.8, 4) is 5.75 Å². The molecule has 0 heterocycles. The molecule has 0 bridgehead atoms. The largest absolute Gasteiger partial charge is 0.492 e. The van der Waals surface area contributed by atoms with E-state index >= 15 is 0 Å². The van der Waals surface area contributed by atoms with Gasteiger partial charge >= 0.3 is 5.97 Å². The van der Waals surface area contributed by atoms with Gasteiger partial charge in [0.15, 0.2) is 0 Å². The highest BCUT2D eigenvalue weighted by Crippen LogP contribution is 2.29. The molecular weight excluding hydrogens is 278 g/mol. The van der Waals surface area contributed by atoms with Crippen molar-refractivity contribution in [1.29, 1.82) is 0 Å². The fraction of sp³-hybridized carbons (Fsp3) is 0.533. The van der Waals surface area contributed by atoms with Crippen molar-refractivity contribution in [2.75, 3.05) is 6.61 Å². The molecule has 0 aromatic heterocycles. The highest BCUT2D eigenvalue weighted by Gasteiger charge is 2.28. The summed E-state index contributed by atoms with van der Waals surface area (Å²) in [7, 11) is 0. The summed E-state index contributed by atoms with van der Waals surface area (Å²) in [4.78, 5) is 11.1. The number of hydrogen-bond acceptors (Lipinski definition) is 3. The average molecular weight is 298 g/mol. The Kier molecular flexibility index (Phi) is 4.55. The number of aliphatic carboxylic acids is 1. The summed E-state index contributed by atoms with van der Waals surface area (Å²) in [5, 5.41) is 13.1. The Balaban J connectivity index is 2.05. The van der Waals surface area contributed by atoms with Crippen LogP contribution in [0.1, 0.15) is 32.3 Å². The topological polar surface area (TPSA) is 58.6 Å². The van der Waals surface area contributed by atoms with Crippen LogP contribution in [0.3, 0.4) is 0 Å². The van der Waals surface area contributed by atoms with Gasteiger partial charge in [-0.05, 0) is 38.8 Å². The monoisotopic (exact) mass is 297 g/mol. The molecule has 2 rings (SSSR count). The van der Waals surface area contributed by atoms with Gasteiger partial charge in [-0.25, -0.2) is 0 Å². The van der Waals surface area contributed by atoms with E-state index in [0.717, 1.165) is 5.56 Å². The van der Waals surface area contributed by atoms with E-state index in [4.69, 9.17) is 21.4 Å². The fourth-order valence-corrected chi connectivity index (χ4v) is 1.93. The van der Waals surface area contributed by atoms with Crippen LogP contribution in [0.15, 0.2) is 18.2 Å². The van der Waals surface area contributed by atoms with Gasteiger partial charge in [-0.2, -0.15) is 0 Å². The van der Waals surface area contributed by atoms with Crippen LogP contribution in [-0.2, 0) is 11.3 Å². The second kappa shape index (κ2) is 6.02. The molecule has 1 aliphatic rings. The molecule has 0 radical (unpaired) electrons. The van der Waals surface area contributed by atoms with Gasteiger partial charge in [0.25, 0.3) is 0 Å². The molecule has 0 spiro atoms. The molecule has 110 valence electrons. The summed E-state index contributed by atoms with van der Waals surface area (Å²) in [6, 6.07) is 6.04. The van der Waals surface area contributed by atoms with Gasteiger partial charge in [0, 0.05) is 23.2 Å². The predicted octanol–water partition coefficient (Wildman–Crippen LogP) is 3.08. The molecule has 1 aromatic rings. The van der Waals surface area contributed by atoms with Crippen LogP contribution in [-0.4, -0.2) is 23.7 Å². The molecular formula is C15H20ClNO3. The molecule has 5 heteroatoms. The lowest BCUT2D eigenvalue weighted by atomic mass is 9.95. The van der Waals surface area contributed by atoms with Crippen LogP contribution < -0.4 is 10.1 Å². The first kappa shape index (κ1) is 15.1. The predicted molar refractivity (Wildman–Crippen MR) is 78.2 cm³/mol. The average Bonchev–Trinajstić information content (AvgIpc) is 3.19. The zero-order chi connectivity index (χ0) is 14.8. The SMILES string of the molecule is CC(C)(COc1cccc(Cl)c1CNC1CC1)C(=O)O. The Morgan fingerprint density at radius 2 is 2.20 bits per heavy atom. The number of rotatable bonds is 7. The maximum absolute atomic E-state index is 11.1. The maximum Gasteiger partial charge on any atom is 0.312 e. The van der Waals surface area contributed by atoms with Gasteiger partial charge in [-0.3, -0.25) is 4.79 Å². The van der Waals surface area contributed by atoms with Gasteiger partial charge in [0.1, 0.15) is 12.4 Å². The molecule has 0 saturated heterocycles. The third kappa shape index (κ3) is 3.87. The summed E-state index contributed by atoms with van der Waals surface area (Å²) >= 11 is 6.21. The Hall–Kier alpha value is -1.26. The molecule has 0 atom stereocenters. The first-order valence-corrected chi connectivity index (χ1v) is 7.15. The van der Waals surface area contributed by atoms with Crippen molar-refractivity contribution < 1.29 is 14.6 Å². The quantitative estimate of drug-likeness (QED) is 0.812. The molecule has 1 fully saturated rings. The van der Waals surface area contributed by atoms with E-state index in [1.807, 2.05) is 18.2 Å². The summed E-state index contributed by atoms with van der Waals surface area (Å²) in [6.07, 6.45) is 2.40. The van der Waals surface area contributed by atoms with Gasteiger partial charge in [-0.1, -0.05) is 17.7 Å². The number of hydrogen-bond donors (Lipinski definition) is 2. The standard InChI is InChI=1S/C15H20ClNO3/c1-15(2,14(18)19)9-20-13-5-3-4-12(16)11(13)8-17-10-6-7-10/h3-5,10,17H,6-9H2,1-2H3,(H,18,19). The second-order valence-electron chi connectivity index (χ2n) is 5.85. The van der Waals surface area contributed by atoms with Crippen molar-refractivity contribution in [1.82, 2.24) is 5.32 Å². The molecule has 0 unspecified atom stereocenters. The third-order valence-corrected chi connectivity index (χ3v) is 3.74. The zero-order valence-electron chi connectivity index (χ0n) is 11.8. The second-order valence-corrected chi connectivity index (χ2v) is 6.26. The number of halogens is 1. The molecule has 1 aromatic carbocycles. The Morgan fingerprint density at radius 1 is 1.50 bits per heavy atom. The Labute approximate surface area is 124 Å². The van der Waals surface area contributed by atoms with E-state index in [9.17, 15) is 4.79 Å². The van der Waals surface area contributed by atoms with Crippen molar-refractivity contribution in [3.05, 3.63) is 28.8 Å². The molecule has 4 nitrogen and oxygen atoms in total. The molecule has 0 amide bonds. The Bertz CT molecular complexity index is 498. The highest BCUT2D eigenvalue weighted by molar-refractivity contribution is 6.31. The number of carboxylic acids is 1. The number of ether oxygens (including phenoxy) is 1. The van der Waals surface area contributed by atoms with E-state index < -0.39 is 11.4 Å². The van der Waals surface area contributed by atoms with Gasteiger partial charge in [-0.15, -0.1) is 0 Å². The van der Waals surface area contributed by atoms with Crippen LogP contribution in [0.25, 0.3) is 0 Å². The normalized spacial score (nSPS) is 15.2. The van der Waals surface area contributed by atoms with Gasteiger partial charge in [0.2, 0.25) is 0 Å². The summed E-state index contributed by atoms with van der Waals surface area (Å²) in [6.45, 7) is 4.04. The minimum absolute atomic E-state index is 0.110. The first-order valence-electron chi connectivity index (χ1n) is 6.77. The van der Waals surface area contributed by atoms with Gasteiger partial charge < -0.3 is 15.2 Å². The van der Waals surface area contributed by atoms with Crippen molar-refractivity contribution in [3.63, 3.8) is 0 Å². The fourth-order valence-electron chi connectivity index (χ4n) is 1.70. The molecule has 1 saturated carbocycles. The smallest absolute Gasteiger partial charge is 0.312 e. The van der Waals surface area contributed by atoms with Crippen LogP contribution in [0.5, 0.6) is 5.75 Å². The lowest BCUT2D eigenvalue weighted by molar-refractivity contribution is -0.148. The molecule has 2 N–H and O–H groups in total. The number of nitrogens with one attached hydrogen (secondary N) is 1. The van der Waals surface area contributed by atoms with E-state index in [1.165, 1.54) is 12.8 Å². The highest BCUT2D eigenvalue weighted by atomic mass is 35.5. The molecule has 20 heavy (non-hydrogen) atoms. The lowest BCUT2D eigenvalue weighted by Crippen LogP contribution is -2.31. The summed E-state index contributed by atoms with van der Waals surface area (Å²) in [5.41, 5.74) is -0.0361. The van der Waals surface area contributed by atoms with E-state index in [1.54, 1.807) is 13.8 Å². The first-order chi connectivity index (χ1) is 9.40.